The fourth-order valence-electron chi connectivity index (χ4n) is 5.80. The van der Waals surface area contributed by atoms with Gasteiger partial charge in [0.25, 0.3) is 0 Å². The number of Topliss-reactive ketones (excluding diaryl/α,β-unsaturated/α-hetero) is 3. The van der Waals surface area contributed by atoms with Gasteiger partial charge < -0.3 is 20.5 Å². The number of aliphatic hydroxyl groups is 1. The van der Waals surface area contributed by atoms with Crippen molar-refractivity contribution in [1.82, 2.24) is 10.6 Å². The van der Waals surface area contributed by atoms with Crippen LogP contribution in [-0.2, 0) is 30.4 Å². The van der Waals surface area contributed by atoms with Gasteiger partial charge in [0.05, 0.1) is 12.1 Å². The molecule has 0 fully saturated rings. The first kappa shape index (κ1) is 45.3. The van der Waals surface area contributed by atoms with Crippen LogP contribution in [0.15, 0.2) is 30.3 Å². The van der Waals surface area contributed by atoms with Gasteiger partial charge in [-0.25, -0.2) is 0 Å². The number of halogens is 3. The van der Waals surface area contributed by atoms with Gasteiger partial charge in [-0.3, -0.25) is 19.2 Å². The minimum Gasteiger partial charge on any atom is -0.382 e. The van der Waals surface area contributed by atoms with Crippen LogP contribution in [0, 0.1) is 17.8 Å². The zero-order valence-corrected chi connectivity index (χ0v) is 31.3. The maximum Gasteiger partial charge on any atom is 0.416 e. The highest BCUT2D eigenvalue weighted by Gasteiger charge is 2.44. The van der Waals surface area contributed by atoms with Crippen LogP contribution in [0.25, 0.3) is 0 Å². The van der Waals surface area contributed by atoms with Crippen LogP contribution in [0.3, 0.4) is 0 Å². The number of alkyl halides is 3. The van der Waals surface area contributed by atoms with E-state index in [1.165, 1.54) is 37.9 Å². The van der Waals surface area contributed by atoms with Crippen LogP contribution >= 0.6 is 11.8 Å². The van der Waals surface area contributed by atoms with Gasteiger partial charge in [-0.05, 0) is 56.1 Å². The van der Waals surface area contributed by atoms with Crippen LogP contribution in [-0.4, -0.2) is 70.6 Å². The number of carbonyl (C=O) groups is 5. The standard InChI is InChI=1S/C38H59F3N2O6S/c1-6-7-8-9-10-11-15-18-30(45)25-31(26(2)3)37(49)43-33(23-28-16-13-12-14-17-28)34(46)24-29(21-22-50-5)36(48)42-32(20-19-27(4)44)35(47)38(39,40)41/h12-14,16-17,26,29,31-33,35,47H,6-11,15,18-25H2,1-5H3,(H,42,48)(H,43,49)/t29-,31+,32?,33+,35?/m1/s1. The Hall–Kier alpha value is -2.73. The predicted molar refractivity (Wildman–Crippen MR) is 193 cm³/mol. The zero-order valence-electron chi connectivity index (χ0n) is 30.5. The average Bonchev–Trinajstić information content (AvgIpc) is 3.05. The SMILES string of the molecule is CCCCCCCCCC(=O)C[C@H](C(=O)N[C@@H](Cc1ccccc1)C(=O)C[C@@H](CCSC)C(=O)NC(CCC(C)=O)C(O)C(F)(F)F)C(C)C. The van der Waals surface area contributed by atoms with Gasteiger partial charge in [-0.2, -0.15) is 24.9 Å². The van der Waals surface area contributed by atoms with Crippen molar-refractivity contribution in [3.63, 3.8) is 0 Å². The van der Waals surface area contributed by atoms with E-state index in [4.69, 9.17) is 0 Å². The molecule has 2 amide bonds. The van der Waals surface area contributed by atoms with Gasteiger partial charge >= 0.3 is 6.18 Å². The molecule has 0 aliphatic heterocycles. The Morgan fingerprint density at radius 1 is 0.840 bits per heavy atom. The minimum atomic E-state index is -5.03. The lowest BCUT2D eigenvalue weighted by Gasteiger charge is -2.28. The minimum absolute atomic E-state index is 0.00693. The Morgan fingerprint density at radius 3 is 2.02 bits per heavy atom. The van der Waals surface area contributed by atoms with E-state index in [0.717, 1.165) is 31.2 Å². The molecule has 0 bridgehead atoms. The lowest BCUT2D eigenvalue weighted by molar-refractivity contribution is -0.213. The van der Waals surface area contributed by atoms with E-state index in [9.17, 15) is 42.3 Å². The van der Waals surface area contributed by atoms with Crippen LogP contribution in [0.5, 0.6) is 0 Å². The number of thioether (sulfide) groups is 1. The Balaban J connectivity index is 3.14. The number of rotatable bonds is 27. The van der Waals surface area contributed by atoms with E-state index < -0.39 is 66.0 Å². The third-order valence-electron chi connectivity index (χ3n) is 8.98. The number of nitrogens with one attached hydrogen (secondary N) is 2. The molecule has 50 heavy (non-hydrogen) atoms. The molecule has 1 aromatic rings. The molecule has 0 radical (unpaired) electrons. The highest BCUT2D eigenvalue weighted by atomic mass is 32.2. The Labute approximate surface area is 300 Å². The van der Waals surface area contributed by atoms with Crippen molar-refractivity contribution in [2.45, 2.75) is 142 Å². The number of aliphatic hydroxyl groups excluding tert-OH is 1. The van der Waals surface area contributed by atoms with E-state index >= 15 is 0 Å². The number of carbonyl (C=O) groups excluding carboxylic acids is 5. The molecule has 1 rings (SSSR count). The largest absolute Gasteiger partial charge is 0.416 e. The molecule has 0 saturated heterocycles. The molecule has 0 aromatic heterocycles. The molecular formula is C38H59F3N2O6S. The number of benzene rings is 1. The first-order valence-electron chi connectivity index (χ1n) is 18.0. The van der Waals surface area contributed by atoms with Crippen molar-refractivity contribution in [3.8, 4) is 0 Å². The maximum atomic E-state index is 13.9. The number of hydrogen-bond donors (Lipinski definition) is 3. The van der Waals surface area contributed by atoms with Crippen molar-refractivity contribution in [2.75, 3.05) is 12.0 Å². The quantitative estimate of drug-likeness (QED) is 0.0818. The van der Waals surface area contributed by atoms with Gasteiger partial charge in [-0.1, -0.05) is 89.6 Å². The molecule has 0 aliphatic carbocycles. The molecule has 8 nitrogen and oxygen atoms in total. The lowest BCUT2D eigenvalue weighted by atomic mass is 9.87. The number of unbranched alkanes of at least 4 members (excludes halogenated alkanes) is 6. The molecule has 3 N–H and O–H groups in total. The number of amides is 2. The molecule has 1 aromatic carbocycles. The van der Waals surface area contributed by atoms with E-state index in [1.54, 1.807) is 30.5 Å². The molecule has 284 valence electrons. The van der Waals surface area contributed by atoms with Gasteiger partial charge in [0.1, 0.15) is 11.6 Å². The van der Waals surface area contributed by atoms with Crippen molar-refractivity contribution in [1.29, 1.82) is 0 Å². The first-order valence-corrected chi connectivity index (χ1v) is 19.4. The summed E-state index contributed by atoms with van der Waals surface area (Å²) in [4.78, 5) is 65.4. The summed E-state index contributed by atoms with van der Waals surface area (Å²) in [5.41, 5.74) is 0.755. The lowest BCUT2D eigenvalue weighted by Crippen LogP contribution is -2.52. The van der Waals surface area contributed by atoms with Gasteiger partial charge in [0.2, 0.25) is 11.8 Å². The Bertz CT molecular complexity index is 1180. The molecular weight excluding hydrogens is 669 g/mol. The van der Waals surface area contributed by atoms with Crippen LogP contribution < -0.4 is 10.6 Å². The van der Waals surface area contributed by atoms with E-state index in [-0.39, 0.29) is 43.8 Å². The van der Waals surface area contributed by atoms with Crippen molar-refractivity contribution in [2.24, 2.45) is 17.8 Å². The average molecular weight is 729 g/mol. The van der Waals surface area contributed by atoms with Crippen molar-refractivity contribution < 1.29 is 42.3 Å². The fraction of sp³-hybridized carbons (Fsp3) is 0.711. The summed E-state index contributed by atoms with van der Waals surface area (Å²) in [5, 5.41) is 15.1. The summed E-state index contributed by atoms with van der Waals surface area (Å²) in [7, 11) is 0. The van der Waals surface area contributed by atoms with Gasteiger partial charge in [0.15, 0.2) is 11.9 Å². The van der Waals surface area contributed by atoms with Gasteiger partial charge in [-0.15, -0.1) is 0 Å². The summed E-state index contributed by atoms with van der Waals surface area (Å²) in [6.07, 6.45) is 1.01. The first-order chi connectivity index (χ1) is 23.6. The molecule has 5 atom stereocenters. The summed E-state index contributed by atoms with van der Waals surface area (Å²) >= 11 is 1.40. The third kappa shape index (κ3) is 18.5. The molecule has 12 heteroatoms. The summed E-state index contributed by atoms with van der Waals surface area (Å²) in [6, 6.07) is 6.17. The number of ketones is 3. The van der Waals surface area contributed by atoms with Crippen molar-refractivity contribution in [3.05, 3.63) is 35.9 Å². The third-order valence-corrected chi connectivity index (χ3v) is 9.62. The van der Waals surface area contributed by atoms with Crippen LogP contribution in [0.1, 0.15) is 117 Å². The summed E-state index contributed by atoms with van der Waals surface area (Å²) in [5.74, 6) is -3.63. The maximum absolute atomic E-state index is 13.9. The second kappa shape index (κ2) is 24.5. The second-order valence-corrected chi connectivity index (χ2v) is 14.7. The molecule has 0 heterocycles. The van der Waals surface area contributed by atoms with E-state index in [2.05, 4.69) is 17.6 Å². The molecule has 2 unspecified atom stereocenters. The highest BCUT2D eigenvalue weighted by Crippen LogP contribution is 2.26. The summed E-state index contributed by atoms with van der Waals surface area (Å²) < 4.78 is 40.3. The smallest absolute Gasteiger partial charge is 0.382 e. The normalized spacial score (nSPS) is 14.8. The Kier molecular flexibility index (Phi) is 22.2. The van der Waals surface area contributed by atoms with Crippen LogP contribution in [0.2, 0.25) is 0 Å². The monoisotopic (exact) mass is 728 g/mol. The zero-order chi connectivity index (χ0) is 37.7. The van der Waals surface area contributed by atoms with E-state index in [1.807, 2.05) is 19.9 Å². The molecule has 0 saturated carbocycles. The fourth-order valence-corrected chi connectivity index (χ4v) is 6.32. The molecule has 0 aliphatic rings. The Morgan fingerprint density at radius 2 is 1.46 bits per heavy atom. The van der Waals surface area contributed by atoms with Crippen molar-refractivity contribution >= 4 is 40.9 Å². The highest BCUT2D eigenvalue weighted by molar-refractivity contribution is 7.98. The van der Waals surface area contributed by atoms with E-state index in [0.29, 0.717) is 12.2 Å². The predicted octanol–water partition coefficient (Wildman–Crippen LogP) is 7.19. The van der Waals surface area contributed by atoms with Crippen LogP contribution in [0.4, 0.5) is 13.2 Å². The topological polar surface area (TPSA) is 130 Å². The second-order valence-electron chi connectivity index (χ2n) is 13.7. The molecule has 0 spiro atoms. The van der Waals surface area contributed by atoms with Gasteiger partial charge in [0, 0.05) is 37.5 Å². The summed E-state index contributed by atoms with van der Waals surface area (Å²) in [6.45, 7) is 7.06. The number of hydrogen-bond acceptors (Lipinski definition) is 7.